The fraction of sp³-hybridized carbons (Fsp3) is 0.167. The third-order valence-electron chi connectivity index (χ3n) is 4.16. The summed E-state index contributed by atoms with van der Waals surface area (Å²) in [6.45, 7) is 3.99. The Morgan fingerprint density at radius 3 is 2.85 bits per heavy atom. The van der Waals surface area contributed by atoms with E-state index in [0.29, 0.717) is 28.1 Å². The molecule has 0 atom stereocenters. The Kier molecular flexibility index (Phi) is 3.72. The first-order chi connectivity index (χ1) is 12.5. The van der Waals surface area contributed by atoms with Crippen molar-refractivity contribution in [1.82, 2.24) is 29.9 Å². The van der Waals surface area contributed by atoms with Crippen molar-refractivity contribution in [1.29, 1.82) is 0 Å². The molecule has 3 aromatic heterocycles. The van der Waals surface area contributed by atoms with Gasteiger partial charge in [-0.15, -0.1) is 10.2 Å². The first-order valence-corrected chi connectivity index (χ1v) is 8.11. The van der Waals surface area contributed by atoms with E-state index in [1.54, 1.807) is 22.6 Å². The van der Waals surface area contributed by atoms with E-state index >= 15 is 0 Å². The van der Waals surface area contributed by atoms with E-state index < -0.39 is 0 Å². The fourth-order valence-corrected chi connectivity index (χ4v) is 3.06. The molecule has 26 heavy (non-hydrogen) atoms. The van der Waals surface area contributed by atoms with Gasteiger partial charge in [0.1, 0.15) is 0 Å². The van der Waals surface area contributed by atoms with Crippen molar-refractivity contribution in [3.63, 3.8) is 0 Å². The number of aromatic nitrogens is 5. The molecule has 0 fully saturated rings. The van der Waals surface area contributed by atoms with E-state index in [2.05, 4.69) is 25.5 Å². The number of H-pyrrole nitrogens is 1. The van der Waals surface area contributed by atoms with Gasteiger partial charge >= 0.3 is 0 Å². The number of para-hydroxylation sites is 1. The predicted octanol–water partition coefficient (Wildman–Crippen LogP) is 1.51. The highest BCUT2D eigenvalue weighted by molar-refractivity contribution is 6.05. The molecule has 1 amide bonds. The van der Waals surface area contributed by atoms with Gasteiger partial charge in [0.15, 0.2) is 5.82 Å². The lowest BCUT2D eigenvalue weighted by atomic mass is 10.1. The molecule has 3 heterocycles. The summed E-state index contributed by atoms with van der Waals surface area (Å²) in [5.41, 5.74) is 2.41. The number of amides is 1. The number of carbonyl (C=O) groups is 1. The molecule has 2 N–H and O–H groups in total. The summed E-state index contributed by atoms with van der Waals surface area (Å²) in [4.78, 5) is 31.5. The molecule has 1 aromatic carbocycles. The van der Waals surface area contributed by atoms with Crippen molar-refractivity contribution in [3.8, 4) is 0 Å². The molecule has 0 aliphatic rings. The number of pyridine rings is 1. The lowest BCUT2D eigenvalue weighted by Crippen LogP contribution is -2.26. The molecule has 8 heteroatoms. The van der Waals surface area contributed by atoms with Crippen LogP contribution >= 0.6 is 0 Å². The summed E-state index contributed by atoms with van der Waals surface area (Å²) < 4.78 is 1.79. The minimum absolute atomic E-state index is 0.173. The molecular formula is C18H16N6O2. The van der Waals surface area contributed by atoms with Crippen LogP contribution in [0.1, 0.15) is 27.6 Å². The van der Waals surface area contributed by atoms with Crippen molar-refractivity contribution >= 4 is 22.6 Å². The Balaban J connectivity index is 1.65. The largest absolute Gasteiger partial charge is 0.345 e. The second-order valence-corrected chi connectivity index (χ2v) is 6.07. The Bertz CT molecular complexity index is 1210. The van der Waals surface area contributed by atoms with Crippen LogP contribution in [-0.4, -0.2) is 30.5 Å². The van der Waals surface area contributed by atoms with Crippen LogP contribution in [0.2, 0.25) is 0 Å². The van der Waals surface area contributed by atoms with E-state index in [1.165, 1.54) is 6.07 Å². The van der Waals surface area contributed by atoms with Crippen molar-refractivity contribution in [2.75, 3.05) is 0 Å². The topological polar surface area (TPSA) is 105 Å². The molecule has 8 nitrogen and oxygen atoms in total. The molecule has 0 unspecified atom stereocenters. The highest BCUT2D eigenvalue weighted by Crippen LogP contribution is 2.14. The van der Waals surface area contributed by atoms with Gasteiger partial charge in [-0.1, -0.05) is 18.2 Å². The number of nitrogens with one attached hydrogen (secondary N) is 2. The van der Waals surface area contributed by atoms with Crippen molar-refractivity contribution in [2.45, 2.75) is 20.4 Å². The molecular weight excluding hydrogens is 332 g/mol. The molecule has 0 saturated heterocycles. The van der Waals surface area contributed by atoms with Crippen LogP contribution in [0.5, 0.6) is 0 Å². The quantitative estimate of drug-likeness (QED) is 0.584. The second-order valence-electron chi connectivity index (χ2n) is 6.07. The second kappa shape index (κ2) is 6.07. The van der Waals surface area contributed by atoms with Gasteiger partial charge in [-0.05, 0) is 26.0 Å². The molecule has 0 bridgehead atoms. The fourth-order valence-electron chi connectivity index (χ4n) is 3.06. The van der Waals surface area contributed by atoms with E-state index in [9.17, 15) is 9.59 Å². The van der Waals surface area contributed by atoms with Gasteiger partial charge in [0.25, 0.3) is 11.7 Å². The third-order valence-corrected chi connectivity index (χ3v) is 4.16. The number of aromatic amines is 1. The Morgan fingerprint density at radius 2 is 2.00 bits per heavy atom. The number of carbonyl (C=O) groups excluding carboxylic acids is 1. The molecule has 0 spiro atoms. The average molecular weight is 348 g/mol. The van der Waals surface area contributed by atoms with Crippen LogP contribution in [0.25, 0.3) is 16.7 Å². The average Bonchev–Trinajstić information content (AvgIpc) is 3.02. The van der Waals surface area contributed by atoms with Gasteiger partial charge in [-0.2, -0.15) is 0 Å². The van der Waals surface area contributed by atoms with Crippen LogP contribution in [-0.2, 0) is 6.54 Å². The number of benzene rings is 1. The monoisotopic (exact) mass is 348 g/mol. The van der Waals surface area contributed by atoms with Gasteiger partial charge in [-0.25, -0.2) is 4.98 Å². The first-order valence-electron chi connectivity index (χ1n) is 8.11. The summed E-state index contributed by atoms with van der Waals surface area (Å²) in [5.74, 6) is 0.725. The van der Waals surface area contributed by atoms with Crippen molar-refractivity contribution < 1.29 is 4.79 Å². The number of rotatable bonds is 3. The van der Waals surface area contributed by atoms with Crippen LogP contribution < -0.4 is 10.9 Å². The number of hydrogen-bond donors (Lipinski definition) is 2. The van der Waals surface area contributed by atoms with Gasteiger partial charge in [0.05, 0.1) is 12.1 Å². The first kappa shape index (κ1) is 15.9. The summed E-state index contributed by atoms with van der Waals surface area (Å²) in [5, 5.41) is 11.7. The highest BCUT2D eigenvalue weighted by atomic mass is 16.2. The minimum Gasteiger partial charge on any atom is -0.345 e. The molecule has 4 aromatic rings. The van der Waals surface area contributed by atoms with Crippen LogP contribution in [0.3, 0.4) is 0 Å². The number of hydrogen-bond acceptors (Lipinski definition) is 5. The predicted molar refractivity (Wildman–Crippen MR) is 96.0 cm³/mol. The van der Waals surface area contributed by atoms with E-state index in [0.717, 1.165) is 11.4 Å². The summed E-state index contributed by atoms with van der Waals surface area (Å²) in [6.07, 6.45) is 0. The zero-order valence-corrected chi connectivity index (χ0v) is 14.3. The van der Waals surface area contributed by atoms with E-state index in [-0.39, 0.29) is 18.0 Å². The third kappa shape index (κ3) is 2.71. The van der Waals surface area contributed by atoms with Crippen LogP contribution in [0.4, 0.5) is 0 Å². The smallest absolute Gasteiger partial charge is 0.255 e. The highest BCUT2D eigenvalue weighted by Gasteiger charge is 2.14. The molecule has 0 aliphatic carbocycles. The maximum absolute atomic E-state index is 12.6. The van der Waals surface area contributed by atoms with Crippen molar-refractivity contribution in [3.05, 3.63) is 69.5 Å². The lowest BCUT2D eigenvalue weighted by molar-refractivity contribution is 0.0951. The summed E-state index contributed by atoms with van der Waals surface area (Å²) in [6, 6.07) is 10.4. The van der Waals surface area contributed by atoms with Gasteiger partial charge < -0.3 is 10.3 Å². The van der Waals surface area contributed by atoms with Crippen LogP contribution in [0.15, 0.2) is 41.2 Å². The maximum atomic E-state index is 12.6. The van der Waals surface area contributed by atoms with Crippen LogP contribution in [0, 0.1) is 13.8 Å². The van der Waals surface area contributed by atoms with Gasteiger partial charge in [0, 0.05) is 28.4 Å². The SMILES string of the molecule is Cc1cc(C)n2c(CNC(=O)c3cc(=O)[nH]c4ccccc34)nnc2n1. The zero-order chi connectivity index (χ0) is 18.3. The standard InChI is InChI=1S/C18H16N6O2/c1-10-7-11(2)24-15(22-23-18(24)20-10)9-19-17(26)13-8-16(25)21-14-6-4-3-5-12(13)14/h3-8H,9H2,1-2H3,(H,19,26)(H,21,25). The summed E-state index contributed by atoms with van der Waals surface area (Å²) >= 11 is 0. The normalized spacial score (nSPS) is 11.2. The molecule has 0 saturated carbocycles. The number of nitrogens with zero attached hydrogens (tertiary/aromatic N) is 4. The maximum Gasteiger partial charge on any atom is 0.255 e. The number of fused-ring (bicyclic) bond motifs is 2. The molecule has 130 valence electrons. The van der Waals surface area contributed by atoms with Crippen molar-refractivity contribution in [2.24, 2.45) is 0 Å². The van der Waals surface area contributed by atoms with E-state index in [1.807, 2.05) is 26.0 Å². The molecule has 0 aliphatic heterocycles. The van der Waals surface area contributed by atoms with E-state index in [4.69, 9.17) is 0 Å². The van der Waals surface area contributed by atoms with Gasteiger partial charge in [0.2, 0.25) is 5.56 Å². The number of aryl methyl sites for hydroxylation is 2. The minimum atomic E-state index is -0.346. The lowest BCUT2D eigenvalue weighted by Gasteiger charge is -2.08. The molecule has 0 radical (unpaired) electrons. The van der Waals surface area contributed by atoms with Gasteiger partial charge in [-0.3, -0.25) is 14.0 Å². The zero-order valence-electron chi connectivity index (χ0n) is 14.3. The summed E-state index contributed by atoms with van der Waals surface area (Å²) in [7, 11) is 0. The Labute approximate surface area is 147 Å². The Hall–Kier alpha value is -3.55. The Morgan fingerprint density at radius 1 is 1.19 bits per heavy atom. The molecule has 4 rings (SSSR count).